The zero-order chi connectivity index (χ0) is 10.1. The fourth-order valence-corrected chi connectivity index (χ4v) is 2.39. The van der Waals surface area contributed by atoms with Crippen molar-refractivity contribution in [1.82, 2.24) is 0 Å². The number of esters is 1. The molecule has 0 heterocycles. The zero-order valence-corrected chi connectivity index (χ0v) is 8.35. The summed E-state index contributed by atoms with van der Waals surface area (Å²) in [6.45, 7) is 2.47. The molecule has 0 radical (unpaired) electrons. The van der Waals surface area contributed by atoms with E-state index in [2.05, 4.69) is 0 Å². The lowest BCUT2D eigenvalue weighted by atomic mass is 9.94. The predicted molar refractivity (Wildman–Crippen MR) is 51.5 cm³/mol. The van der Waals surface area contributed by atoms with Gasteiger partial charge in [0.1, 0.15) is 0 Å². The standard InChI is InChI=1S/C11H16O3/c1-2-5-14-11(13)9-6-7-3-4-8(9)10(7)12/h3-4,7-10,12H,2,5-6H2,1H3. The molecule has 0 aromatic rings. The van der Waals surface area contributed by atoms with E-state index in [1.165, 1.54) is 0 Å². The van der Waals surface area contributed by atoms with E-state index in [1.807, 2.05) is 19.1 Å². The van der Waals surface area contributed by atoms with Crippen LogP contribution >= 0.6 is 0 Å². The van der Waals surface area contributed by atoms with Crippen LogP contribution in [0.5, 0.6) is 0 Å². The van der Waals surface area contributed by atoms with E-state index in [4.69, 9.17) is 4.74 Å². The quantitative estimate of drug-likeness (QED) is 0.543. The van der Waals surface area contributed by atoms with Crippen molar-refractivity contribution < 1.29 is 14.6 Å². The van der Waals surface area contributed by atoms with Crippen molar-refractivity contribution in [2.45, 2.75) is 25.9 Å². The molecular formula is C11H16O3. The van der Waals surface area contributed by atoms with Crippen molar-refractivity contribution in [3.8, 4) is 0 Å². The third-order valence-electron chi connectivity index (χ3n) is 3.16. The molecule has 0 spiro atoms. The minimum Gasteiger partial charge on any atom is -0.465 e. The SMILES string of the molecule is CCCOC(=O)C1CC2C=CC1C2O. The predicted octanol–water partition coefficient (Wildman–Crippen LogP) is 1.12. The maximum atomic E-state index is 11.6. The van der Waals surface area contributed by atoms with Crippen LogP contribution in [0, 0.1) is 17.8 Å². The molecule has 4 unspecified atom stereocenters. The topological polar surface area (TPSA) is 46.5 Å². The number of aliphatic hydroxyl groups excluding tert-OH is 1. The average molecular weight is 196 g/mol. The molecule has 2 bridgehead atoms. The van der Waals surface area contributed by atoms with Gasteiger partial charge in [-0.25, -0.2) is 0 Å². The molecule has 0 aromatic heterocycles. The first-order chi connectivity index (χ1) is 6.74. The van der Waals surface area contributed by atoms with Gasteiger partial charge in [0.05, 0.1) is 18.6 Å². The fraction of sp³-hybridized carbons (Fsp3) is 0.727. The van der Waals surface area contributed by atoms with E-state index in [-0.39, 0.29) is 29.8 Å². The van der Waals surface area contributed by atoms with E-state index in [0.717, 1.165) is 12.8 Å². The van der Waals surface area contributed by atoms with Crippen molar-refractivity contribution in [2.75, 3.05) is 6.61 Å². The Balaban J connectivity index is 1.94. The normalized spacial score (nSPS) is 39.0. The van der Waals surface area contributed by atoms with Crippen LogP contribution in [0.3, 0.4) is 0 Å². The van der Waals surface area contributed by atoms with Gasteiger partial charge in [-0.2, -0.15) is 0 Å². The van der Waals surface area contributed by atoms with Gasteiger partial charge < -0.3 is 9.84 Å². The molecule has 14 heavy (non-hydrogen) atoms. The lowest BCUT2D eigenvalue weighted by molar-refractivity contribution is -0.149. The van der Waals surface area contributed by atoms with Gasteiger partial charge in [0, 0.05) is 11.8 Å². The first-order valence-corrected chi connectivity index (χ1v) is 5.27. The molecular weight excluding hydrogens is 180 g/mol. The van der Waals surface area contributed by atoms with Crippen molar-refractivity contribution in [3.63, 3.8) is 0 Å². The second-order valence-electron chi connectivity index (χ2n) is 4.13. The number of hydrogen-bond donors (Lipinski definition) is 1. The van der Waals surface area contributed by atoms with Crippen molar-refractivity contribution in [1.29, 1.82) is 0 Å². The van der Waals surface area contributed by atoms with E-state index in [1.54, 1.807) is 0 Å². The average Bonchev–Trinajstić information content (AvgIpc) is 2.71. The van der Waals surface area contributed by atoms with Crippen LogP contribution in [-0.2, 0) is 9.53 Å². The summed E-state index contributed by atoms with van der Waals surface area (Å²) >= 11 is 0. The maximum Gasteiger partial charge on any atom is 0.309 e. The second kappa shape index (κ2) is 3.73. The van der Waals surface area contributed by atoms with Gasteiger partial charge in [-0.15, -0.1) is 0 Å². The van der Waals surface area contributed by atoms with E-state index in [9.17, 15) is 9.90 Å². The Kier molecular flexibility index (Phi) is 2.59. The van der Waals surface area contributed by atoms with Crippen molar-refractivity contribution >= 4 is 5.97 Å². The molecule has 4 atom stereocenters. The highest BCUT2D eigenvalue weighted by molar-refractivity contribution is 5.74. The summed E-state index contributed by atoms with van der Waals surface area (Å²) in [5.74, 6) is -0.0576. The van der Waals surface area contributed by atoms with Crippen LogP contribution in [0.4, 0.5) is 0 Å². The Morgan fingerprint density at radius 1 is 1.57 bits per heavy atom. The summed E-state index contributed by atoms with van der Waals surface area (Å²) < 4.78 is 5.09. The van der Waals surface area contributed by atoms with Gasteiger partial charge in [0.2, 0.25) is 0 Å². The van der Waals surface area contributed by atoms with Crippen LogP contribution in [0.1, 0.15) is 19.8 Å². The number of hydrogen-bond acceptors (Lipinski definition) is 3. The third kappa shape index (κ3) is 1.46. The van der Waals surface area contributed by atoms with Crippen molar-refractivity contribution in [2.24, 2.45) is 17.8 Å². The third-order valence-corrected chi connectivity index (χ3v) is 3.16. The van der Waals surface area contributed by atoms with Crippen LogP contribution in [0.2, 0.25) is 0 Å². The molecule has 0 saturated heterocycles. The number of fused-ring (bicyclic) bond motifs is 2. The molecule has 2 aliphatic rings. The highest BCUT2D eigenvalue weighted by atomic mass is 16.5. The summed E-state index contributed by atoms with van der Waals surface area (Å²) in [6.07, 6.45) is 5.22. The zero-order valence-electron chi connectivity index (χ0n) is 8.35. The van der Waals surface area contributed by atoms with Crippen LogP contribution in [0.15, 0.2) is 12.2 Å². The Bertz CT molecular complexity index is 259. The van der Waals surface area contributed by atoms with E-state index >= 15 is 0 Å². The smallest absolute Gasteiger partial charge is 0.309 e. The molecule has 78 valence electrons. The molecule has 3 heteroatoms. The largest absolute Gasteiger partial charge is 0.465 e. The molecule has 2 aliphatic carbocycles. The van der Waals surface area contributed by atoms with Crippen LogP contribution < -0.4 is 0 Å². The summed E-state index contributed by atoms with van der Waals surface area (Å²) in [5.41, 5.74) is 0. The van der Waals surface area contributed by atoms with Gasteiger partial charge in [-0.1, -0.05) is 19.1 Å². The summed E-state index contributed by atoms with van der Waals surface area (Å²) in [6, 6.07) is 0. The Morgan fingerprint density at radius 3 is 2.86 bits per heavy atom. The van der Waals surface area contributed by atoms with E-state index < -0.39 is 0 Å². The fourth-order valence-electron chi connectivity index (χ4n) is 2.39. The number of aliphatic hydroxyl groups is 1. The van der Waals surface area contributed by atoms with Gasteiger partial charge >= 0.3 is 5.97 Å². The first-order valence-electron chi connectivity index (χ1n) is 5.27. The van der Waals surface area contributed by atoms with Gasteiger partial charge in [0.15, 0.2) is 0 Å². The maximum absolute atomic E-state index is 11.6. The number of carbonyl (C=O) groups excluding carboxylic acids is 1. The Morgan fingerprint density at radius 2 is 2.36 bits per heavy atom. The highest BCUT2D eigenvalue weighted by Gasteiger charge is 2.47. The van der Waals surface area contributed by atoms with Gasteiger partial charge in [0.25, 0.3) is 0 Å². The minimum absolute atomic E-state index is 0.00403. The summed E-state index contributed by atoms with van der Waals surface area (Å²) in [4.78, 5) is 11.6. The lowest BCUT2D eigenvalue weighted by Crippen LogP contribution is -2.24. The summed E-state index contributed by atoms with van der Waals surface area (Å²) in [5, 5.41) is 9.70. The summed E-state index contributed by atoms with van der Waals surface area (Å²) in [7, 11) is 0. The Hall–Kier alpha value is -0.830. The number of rotatable bonds is 3. The number of ether oxygens (including phenoxy) is 1. The molecule has 3 nitrogen and oxygen atoms in total. The molecule has 0 aliphatic heterocycles. The molecule has 1 saturated carbocycles. The first kappa shape index (κ1) is 9.71. The molecule has 2 rings (SSSR count). The van der Waals surface area contributed by atoms with Crippen LogP contribution in [0.25, 0.3) is 0 Å². The van der Waals surface area contributed by atoms with Crippen molar-refractivity contribution in [3.05, 3.63) is 12.2 Å². The molecule has 0 aromatic carbocycles. The highest BCUT2D eigenvalue weighted by Crippen LogP contribution is 2.44. The molecule has 1 fully saturated rings. The van der Waals surface area contributed by atoms with E-state index in [0.29, 0.717) is 6.61 Å². The minimum atomic E-state index is -0.353. The molecule has 1 N–H and O–H groups in total. The number of carbonyl (C=O) groups is 1. The van der Waals surface area contributed by atoms with Gasteiger partial charge in [-0.05, 0) is 12.8 Å². The monoisotopic (exact) mass is 196 g/mol. The van der Waals surface area contributed by atoms with Crippen LogP contribution in [-0.4, -0.2) is 23.8 Å². The second-order valence-corrected chi connectivity index (χ2v) is 4.13. The van der Waals surface area contributed by atoms with Gasteiger partial charge in [-0.3, -0.25) is 4.79 Å². The molecule has 0 amide bonds. The Labute approximate surface area is 83.8 Å². The lowest BCUT2D eigenvalue weighted by Gasteiger charge is -2.16.